The Hall–Kier alpha value is -2.83. The summed E-state index contributed by atoms with van der Waals surface area (Å²) in [5.41, 5.74) is 17.4. The predicted octanol–water partition coefficient (Wildman–Crippen LogP) is 10.4. The van der Waals surface area contributed by atoms with Gasteiger partial charge in [-0.3, -0.25) is 0 Å². The normalized spacial score (nSPS) is 19.1. The fraction of sp³-hybridized carbons (Fsp3) is 0.300. The standard InChI is InChI=1S/C40H42Si.Li.H/c1-5-13-27(2)36-26-40(38-25-30-17-11-16-29(30)24-37(36)38)41(3,4)39-23-22-34-33(20-12-21-35(34)39)32-19-10-9-18-31(32)28-14-7-6-8-15-28;;/h6-10,12,14-15,18-27,39-40H,5,11,13,16-17H2,1-4H3;;. The Morgan fingerprint density at radius 2 is 1.43 bits per heavy atom. The van der Waals surface area contributed by atoms with Crippen LogP contribution >= 0.6 is 0 Å². The van der Waals surface area contributed by atoms with Crippen LogP contribution < -0.4 is 0 Å². The van der Waals surface area contributed by atoms with E-state index in [9.17, 15) is 0 Å². The SMILES string of the molecule is CCCC(C)C1=CC([Si](C)(C)C2C=Cc3c(-c4ccccc4-c4ccccc4)cccc32)c2cc3c(cc21)CCC3.[LiH]. The summed E-state index contributed by atoms with van der Waals surface area (Å²) in [6.45, 7) is 10.1. The molecular weight excluding hydrogens is 515 g/mol. The van der Waals surface area contributed by atoms with Crippen molar-refractivity contribution in [3.05, 3.63) is 130 Å². The summed E-state index contributed by atoms with van der Waals surface area (Å²) >= 11 is 0. The van der Waals surface area contributed by atoms with Crippen LogP contribution in [0.4, 0.5) is 0 Å². The quantitative estimate of drug-likeness (QED) is 0.198. The maximum atomic E-state index is 2.74. The van der Waals surface area contributed by atoms with Crippen molar-refractivity contribution in [1.29, 1.82) is 0 Å². The van der Waals surface area contributed by atoms with Crippen LogP contribution in [0.15, 0.2) is 97.1 Å². The van der Waals surface area contributed by atoms with E-state index in [0.29, 0.717) is 17.0 Å². The summed E-state index contributed by atoms with van der Waals surface area (Å²) in [7, 11) is -1.85. The second-order valence-electron chi connectivity index (χ2n) is 13.2. The number of benzene rings is 4. The molecule has 3 atom stereocenters. The van der Waals surface area contributed by atoms with Gasteiger partial charge >= 0.3 is 18.9 Å². The number of allylic oxidation sites excluding steroid dienone is 3. The van der Waals surface area contributed by atoms with Crippen LogP contribution in [-0.4, -0.2) is 26.9 Å². The second kappa shape index (κ2) is 11.7. The molecule has 3 unspecified atom stereocenters. The molecule has 0 nitrogen and oxygen atoms in total. The van der Waals surface area contributed by atoms with E-state index in [0.717, 1.165) is 0 Å². The zero-order chi connectivity index (χ0) is 28.1. The Balaban J connectivity index is 0.00000316. The molecule has 0 aromatic heterocycles. The van der Waals surface area contributed by atoms with Gasteiger partial charge in [0.2, 0.25) is 0 Å². The van der Waals surface area contributed by atoms with E-state index < -0.39 is 8.07 Å². The minimum atomic E-state index is -1.85. The molecule has 3 aliphatic carbocycles. The molecule has 0 heterocycles. The van der Waals surface area contributed by atoms with Crippen molar-refractivity contribution in [3.8, 4) is 22.3 Å². The van der Waals surface area contributed by atoms with Gasteiger partial charge in [-0.25, -0.2) is 0 Å². The number of hydrogen-bond donors (Lipinski definition) is 0. The Labute approximate surface area is 266 Å². The first kappa shape index (κ1) is 29.3. The van der Waals surface area contributed by atoms with Gasteiger partial charge in [0.15, 0.2) is 0 Å². The van der Waals surface area contributed by atoms with Gasteiger partial charge in [0.25, 0.3) is 0 Å². The molecule has 0 fully saturated rings. The molecule has 0 radical (unpaired) electrons. The molecule has 4 aromatic rings. The molecule has 0 amide bonds. The van der Waals surface area contributed by atoms with Gasteiger partial charge < -0.3 is 0 Å². The Morgan fingerprint density at radius 3 is 2.19 bits per heavy atom. The van der Waals surface area contributed by atoms with E-state index in [-0.39, 0.29) is 18.9 Å². The third kappa shape index (κ3) is 4.85. The molecule has 0 spiro atoms. The Kier molecular flexibility index (Phi) is 8.14. The Morgan fingerprint density at radius 1 is 0.738 bits per heavy atom. The van der Waals surface area contributed by atoms with E-state index in [2.05, 4.69) is 130 Å². The Bertz CT molecular complexity index is 1680. The van der Waals surface area contributed by atoms with Crippen molar-refractivity contribution in [1.82, 2.24) is 0 Å². The summed E-state index contributed by atoms with van der Waals surface area (Å²) in [6.07, 6.45) is 14.1. The van der Waals surface area contributed by atoms with Crippen LogP contribution in [0, 0.1) is 5.92 Å². The minimum absolute atomic E-state index is 0. The molecule has 4 aromatic carbocycles. The molecular formula is C40H43LiSi. The van der Waals surface area contributed by atoms with Crippen molar-refractivity contribution >= 4 is 38.6 Å². The topological polar surface area (TPSA) is 0 Å². The van der Waals surface area contributed by atoms with E-state index in [1.165, 1.54) is 65.5 Å². The van der Waals surface area contributed by atoms with Crippen LogP contribution in [0.1, 0.15) is 77.6 Å². The van der Waals surface area contributed by atoms with Crippen molar-refractivity contribution in [2.24, 2.45) is 5.92 Å². The van der Waals surface area contributed by atoms with Crippen LogP contribution in [0.3, 0.4) is 0 Å². The van der Waals surface area contributed by atoms with Crippen LogP contribution in [-0.2, 0) is 12.8 Å². The van der Waals surface area contributed by atoms with Gasteiger partial charge in [-0.15, -0.1) is 0 Å². The summed E-state index contributed by atoms with van der Waals surface area (Å²) in [6, 6.07) is 32.1. The number of hydrogen-bond acceptors (Lipinski definition) is 0. The van der Waals surface area contributed by atoms with Gasteiger partial charge in [-0.2, -0.15) is 0 Å². The van der Waals surface area contributed by atoms with Gasteiger partial charge in [-0.1, -0.05) is 137 Å². The summed E-state index contributed by atoms with van der Waals surface area (Å²) in [5, 5.41) is 0. The molecule has 7 rings (SSSR count). The maximum absolute atomic E-state index is 2.74. The zero-order valence-corrected chi connectivity index (χ0v) is 26.1. The van der Waals surface area contributed by atoms with E-state index in [1.54, 1.807) is 27.8 Å². The average molecular weight is 559 g/mol. The molecule has 42 heavy (non-hydrogen) atoms. The third-order valence-electron chi connectivity index (χ3n) is 10.3. The van der Waals surface area contributed by atoms with Crippen molar-refractivity contribution in [3.63, 3.8) is 0 Å². The molecule has 208 valence electrons. The third-order valence-corrected chi connectivity index (χ3v) is 14.5. The molecule has 0 N–H and O–H groups in total. The molecule has 0 saturated heterocycles. The van der Waals surface area contributed by atoms with Gasteiger partial charge in [0.05, 0.1) is 8.07 Å². The monoisotopic (exact) mass is 558 g/mol. The van der Waals surface area contributed by atoms with Crippen LogP contribution in [0.25, 0.3) is 33.9 Å². The number of rotatable bonds is 7. The van der Waals surface area contributed by atoms with Crippen LogP contribution in [0.5, 0.6) is 0 Å². The molecule has 3 aliphatic rings. The predicted molar refractivity (Wildman–Crippen MR) is 187 cm³/mol. The fourth-order valence-corrected chi connectivity index (χ4v) is 11.8. The second-order valence-corrected chi connectivity index (χ2v) is 18.1. The first-order valence-electron chi connectivity index (χ1n) is 15.8. The van der Waals surface area contributed by atoms with Gasteiger partial charge in [0, 0.05) is 0 Å². The van der Waals surface area contributed by atoms with Crippen molar-refractivity contribution in [2.45, 2.75) is 70.1 Å². The number of aryl methyl sites for hydroxylation is 2. The summed E-state index contributed by atoms with van der Waals surface area (Å²) in [5.74, 6) is 0.625. The number of fused-ring (bicyclic) bond motifs is 3. The van der Waals surface area contributed by atoms with Gasteiger partial charge in [-0.05, 0) is 104 Å². The van der Waals surface area contributed by atoms with Gasteiger partial charge in [0.1, 0.15) is 0 Å². The van der Waals surface area contributed by atoms with E-state index in [4.69, 9.17) is 0 Å². The fourth-order valence-electron chi connectivity index (χ4n) is 8.14. The van der Waals surface area contributed by atoms with E-state index in [1.807, 2.05) is 0 Å². The molecule has 2 heteroatoms. The average Bonchev–Trinajstić information content (AvgIpc) is 3.73. The van der Waals surface area contributed by atoms with Crippen molar-refractivity contribution in [2.75, 3.05) is 0 Å². The summed E-state index contributed by atoms with van der Waals surface area (Å²) in [4.78, 5) is 0. The molecule has 0 saturated carbocycles. The van der Waals surface area contributed by atoms with Crippen LogP contribution in [0.2, 0.25) is 13.1 Å². The molecule has 0 aliphatic heterocycles. The first-order chi connectivity index (χ1) is 20.0. The van der Waals surface area contributed by atoms with E-state index >= 15 is 0 Å². The zero-order valence-electron chi connectivity index (χ0n) is 25.1. The summed E-state index contributed by atoms with van der Waals surface area (Å²) < 4.78 is 0. The molecule has 0 bridgehead atoms. The van der Waals surface area contributed by atoms with Crippen molar-refractivity contribution < 1.29 is 0 Å². The first-order valence-corrected chi connectivity index (χ1v) is 19.0.